The van der Waals surface area contributed by atoms with Crippen LogP contribution in [0.3, 0.4) is 0 Å². The third kappa shape index (κ3) is 5.72. The normalized spacial score (nSPS) is 11.7. The summed E-state index contributed by atoms with van der Waals surface area (Å²) in [7, 11) is -2.05. The predicted octanol–water partition coefficient (Wildman–Crippen LogP) is 2.76. The second-order valence-electron chi connectivity index (χ2n) is 5.82. The van der Waals surface area contributed by atoms with Crippen molar-refractivity contribution < 1.29 is 26.8 Å². The van der Waals surface area contributed by atoms with Crippen LogP contribution in [0.1, 0.15) is 26.8 Å². The number of hydrogen-bond acceptors (Lipinski definition) is 8. The second-order valence-corrected chi connectivity index (χ2v) is 8.83. The van der Waals surface area contributed by atoms with Gasteiger partial charge in [-0.05, 0) is 30.3 Å². The van der Waals surface area contributed by atoms with Crippen LogP contribution < -0.4 is 10.2 Å². The third-order valence-corrected chi connectivity index (χ3v) is 6.11. The standard InChI is InChI=1S/C18H16FN3O5S2/c1-26-13-4-5-15(19)12(7-13)8-20-22-18(23)16-9-28-17(21-16)11-29(24,25)10-14-3-2-6-27-14/h2-9H,10-11H2,1H3,(H,22,23). The summed E-state index contributed by atoms with van der Waals surface area (Å²) in [6.07, 6.45) is 2.53. The molecule has 2 heterocycles. The number of furan rings is 1. The number of methoxy groups -OCH3 is 1. The molecule has 0 aliphatic heterocycles. The molecule has 2 aromatic heterocycles. The zero-order valence-corrected chi connectivity index (χ0v) is 16.8. The number of nitrogens with zero attached hydrogens (tertiary/aromatic N) is 2. The average molecular weight is 437 g/mol. The number of carbonyl (C=O) groups excluding carboxylic acids is 1. The molecule has 0 atom stereocenters. The smallest absolute Gasteiger partial charge is 0.290 e. The molecule has 0 spiro atoms. The summed E-state index contributed by atoms with van der Waals surface area (Å²) in [4.78, 5) is 16.1. The molecule has 3 rings (SSSR count). The third-order valence-electron chi connectivity index (χ3n) is 3.64. The van der Waals surface area contributed by atoms with Gasteiger partial charge in [0.15, 0.2) is 9.84 Å². The summed E-state index contributed by atoms with van der Waals surface area (Å²) < 4.78 is 48.2. The van der Waals surface area contributed by atoms with Crippen molar-refractivity contribution in [3.05, 3.63) is 69.8 Å². The number of amides is 1. The van der Waals surface area contributed by atoms with Gasteiger partial charge in [-0.2, -0.15) is 5.10 Å². The van der Waals surface area contributed by atoms with Gasteiger partial charge in [0.25, 0.3) is 5.91 Å². The van der Waals surface area contributed by atoms with E-state index in [9.17, 15) is 17.6 Å². The molecule has 152 valence electrons. The van der Waals surface area contributed by atoms with Gasteiger partial charge in [-0.25, -0.2) is 23.2 Å². The first-order chi connectivity index (χ1) is 13.9. The van der Waals surface area contributed by atoms with E-state index in [0.29, 0.717) is 11.5 Å². The van der Waals surface area contributed by atoms with E-state index in [1.54, 1.807) is 12.1 Å². The molecule has 0 saturated heterocycles. The Hall–Kier alpha value is -3.05. The highest BCUT2D eigenvalue weighted by Crippen LogP contribution is 2.17. The summed E-state index contributed by atoms with van der Waals surface area (Å²) in [5.41, 5.74) is 2.37. The molecule has 1 amide bonds. The van der Waals surface area contributed by atoms with Crippen molar-refractivity contribution in [3.8, 4) is 5.75 Å². The Bertz CT molecular complexity index is 1120. The van der Waals surface area contributed by atoms with Crippen molar-refractivity contribution in [1.82, 2.24) is 10.4 Å². The van der Waals surface area contributed by atoms with Gasteiger partial charge in [-0.3, -0.25) is 4.79 Å². The van der Waals surface area contributed by atoms with E-state index in [1.807, 2.05) is 0 Å². The number of ether oxygens (including phenoxy) is 1. The fourth-order valence-electron chi connectivity index (χ4n) is 2.30. The molecule has 0 unspecified atom stereocenters. The van der Waals surface area contributed by atoms with Gasteiger partial charge in [0.1, 0.15) is 39.5 Å². The minimum Gasteiger partial charge on any atom is -0.497 e. The van der Waals surface area contributed by atoms with Crippen LogP contribution in [0.4, 0.5) is 4.39 Å². The number of hydrazone groups is 1. The highest BCUT2D eigenvalue weighted by molar-refractivity contribution is 7.89. The molecule has 29 heavy (non-hydrogen) atoms. The molecule has 3 aromatic rings. The highest BCUT2D eigenvalue weighted by Gasteiger charge is 2.19. The van der Waals surface area contributed by atoms with Crippen LogP contribution in [0.2, 0.25) is 0 Å². The van der Waals surface area contributed by atoms with E-state index in [0.717, 1.165) is 17.6 Å². The Morgan fingerprint density at radius 3 is 2.93 bits per heavy atom. The number of thiazole rings is 1. The molecular formula is C18H16FN3O5S2. The van der Waals surface area contributed by atoms with Gasteiger partial charge in [0.2, 0.25) is 0 Å². The lowest BCUT2D eigenvalue weighted by Crippen LogP contribution is -2.18. The number of aromatic nitrogens is 1. The zero-order chi connectivity index (χ0) is 20.9. The van der Waals surface area contributed by atoms with E-state index in [1.165, 1.54) is 37.0 Å². The molecule has 1 N–H and O–H groups in total. The van der Waals surface area contributed by atoms with Crippen molar-refractivity contribution >= 4 is 33.3 Å². The lowest BCUT2D eigenvalue weighted by Gasteiger charge is -2.02. The van der Waals surface area contributed by atoms with Gasteiger partial charge >= 0.3 is 0 Å². The first-order valence-corrected chi connectivity index (χ1v) is 10.9. The zero-order valence-electron chi connectivity index (χ0n) is 15.2. The average Bonchev–Trinajstić information content (AvgIpc) is 3.34. The Labute approximate surface area is 170 Å². The Balaban J connectivity index is 1.61. The number of nitrogens with one attached hydrogen (secondary N) is 1. The Morgan fingerprint density at radius 2 is 2.21 bits per heavy atom. The van der Waals surface area contributed by atoms with E-state index in [-0.39, 0.29) is 27.8 Å². The van der Waals surface area contributed by atoms with Crippen LogP contribution in [0.15, 0.2) is 51.5 Å². The van der Waals surface area contributed by atoms with Crippen molar-refractivity contribution in [3.63, 3.8) is 0 Å². The van der Waals surface area contributed by atoms with Crippen LogP contribution in [0.25, 0.3) is 0 Å². The van der Waals surface area contributed by atoms with Crippen molar-refractivity contribution in [2.45, 2.75) is 11.5 Å². The van der Waals surface area contributed by atoms with Crippen LogP contribution in [0, 0.1) is 5.82 Å². The molecule has 0 radical (unpaired) electrons. The maximum absolute atomic E-state index is 13.7. The van der Waals surface area contributed by atoms with Gasteiger partial charge in [-0.15, -0.1) is 11.3 Å². The maximum Gasteiger partial charge on any atom is 0.290 e. The van der Waals surface area contributed by atoms with Crippen molar-refractivity contribution in [1.29, 1.82) is 0 Å². The number of carbonyl (C=O) groups is 1. The fourth-order valence-corrected chi connectivity index (χ4v) is 4.81. The van der Waals surface area contributed by atoms with Gasteiger partial charge < -0.3 is 9.15 Å². The maximum atomic E-state index is 13.7. The fraction of sp³-hybridized carbons (Fsp3) is 0.167. The molecule has 0 aliphatic carbocycles. The second kappa shape index (κ2) is 8.97. The van der Waals surface area contributed by atoms with Crippen LogP contribution in [-0.4, -0.2) is 32.6 Å². The van der Waals surface area contributed by atoms with Gasteiger partial charge in [0.05, 0.1) is 19.6 Å². The molecule has 0 aliphatic rings. The molecule has 0 bridgehead atoms. The molecule has 11 heteroatoms. The number of benzene rings is 1. The molecule has 0 saturated carbocycles. The van der Waals surface area contributed by atoms with Gasteiger partial charge in [0, 0.05) is 10.9 Å². The van der Waals surface area contributed by atoms with Crippen LogP contribution in [0.5, 0.6) is 5.75 Å². The Kier molecular flexibility index (Phi) is 6.39. The van der Waals surface area contributed by atoms with Gasteiger partial charge in [-0.1, -0.05) is 0 Å². The molecular weight excluding hydrogens is 421 g/mol. The summed E-state index contributed by atoms with van der Waals surface area (Å²) in [5.74, 6) is -0.962. The SMILES string of the molecule is COc1ccc(F)c(C=NNC(=O)c2csc(CS(=O)(=O)Cc3ccco3)n2)c1. The van der Waals surface area contributed by atoms with E-state index in [2.05, 4.69) is 15.5 Å². The van der Waals surface area contributed by atoms with Crippen molar-refractivity contribution in [2.24, 2.45) is 5.10 Å². The number of sulfone groups is 1. The highest BCUT2D eigenvalue weighted by atomic mass is 32.2. The predicted molar refractivity (Wildman–Crippen MR) is 105 cm³/mol. The minimum absolute atomic E-state index is 0.0152. The lowest BCUT2D eigenvalue weighted by molar-refractivity contribution is 0.0950. The molecule has 1 aromatic carbocycles. The number of halogens is 1. The monoisotopic (exact) mass is 437 g/mol. The summed E-state index contributed by atoms with van der Waals surface area (Å²) in [6.45, 7) is 0. The van der Waals surface area contributed by atoms with E-state index >= 15 is 0 Å². The molecule has 8 nitrogen and oxygen atoms in total. The van der Waals surface area contributed by atoms with Crippen LogP contribution in [-0.2, 0) is 21.3 Å². The number of rotatable bonds is 8. The minimum atomic E-state index is -3.50. The lowest BCUT2D eigenvalue weighted by atomic mass is 10.2. The summed E-state index contributed by atoms with van der Waals surface area (Å²) in [5, 5.41) is 5.40. The van der Waals surface area contributed by atoms with Crippen molar-refractivity contribution in [2.75, 3.05) is 7.11 Å². The molecule has 0 fully saturated rings. The first-order valence-electron chi connectivity index (χ1n) is 8.20. The van der Waals surface area contributed by atoms with E-state index in [4.69, 9.17) is 9.15 Å². The summed E-state index contributed by atoms with van der Waals surface area (Å²) in [6, 6.07) is 7.28. The Morgan fingerprint density at radius 1 is 1.38 bits per heavy atom. The topological polar surface area (TPSA) is 111 Å². The number of hydrogen-bond donors (Lipinski definition) is 1. The quantitative estimate of drug-likeness (QED) is 0.429. The van der Waals surface area contributed by atoms with E-state index < -0.39 is 21.6 Å². The first kappa shape index (κ1) is 20.7. The van der Waals surface area contributed by atoms with Crippen LogP contribution >= 0.6 is 11.3 Å². The summed E-state index contributed by atoms with van der Waals surface area (Å²) >= 11 is 1.04. The largest absolute Gasteiger partial charge is 0.497 e.